The van der Waals surface area contributed by atoms with Gasteiger partial charge in [0, 0.05) is 42.4 Å². The van der Waals surface area contributed by atoms with Crippen LogP contribution in [0.1, 0.15) is 48.8 Å². The van der Waals surface area contributed by atoms with Crippen molar-refractivity contribution in [1.82, 2.24) is 10.2 Å². The average molecular weight is 519 g/mol. The average Bonchev–Trinajstić information content (AvgIpc) is 2.92. The second kappa shape index (κ2) is 11.0. The number of amides is 2. The van der Waals surface area contributed by atoms with Crippen molar-refractivity contribution in [1.29, 1.82) is 0 Å². The molecule has 0 unspecified atom stereocenters. The lowest BCUT2D eigenvalue weighted by molar-refractivity contribution is -0.143. The van der Waals surface area contributed by atoms with Gasteiger partial charge in [-0.1, -0.05) is 43.2 Å². The largest absolute Gasteiger partial charge is 0.484 e. The third-order valence-corrected chi connectivity index (χ3v) is 8.07. The lowest BCUT2D eigenvalue weighted by atomic mass is 9.71. The number of fused-ring (bicyclic) bond motifs is 2. The SMILES string of the molecule is Cc1c(Cc2ccccc2)c(=O)oc2cc(OCC(=O)NCC(=O)N3CC[C@@]4(O)CCCC[C@H]4C3)ccc12. The first kappa shape index (κ1) is 26.0. The number of carbonyl (C=O) groups is 2. The van der Waals surface area contributed by atoms with E-state index in [1.807, 2.05) is 43.3 Å². The fourth-order valence-corrected chi connectivity index (χ4v) is 5.75. The Labute approximate surface area is 221 Å². The van der Waals surface area contributed by atoms with Gasteiger partial charge in [0.15, 0.2) is 6.61 Å². The molecule has 0 bridgehead atoms. The number of benzene rings is 2. The summed E-state index contributed by atoms with van der Waals surface area (Å²) in [5.74, 6) is -0.0651. The summed E-state index contributed by atoms with van der Waals surface area (Å²) >= 11 is 0. The maximum absolute atomic E-state index is 12.7. The van der Waals surface area contributed by atoms with Gasteiger partial charge in [0.25, 0.3) is 5.91 Å². The van der Waals surface area contributed by atoms with Gasteiger partial charge in [-0.3, -0.25) is 9.59 Å². The van der Waals surface area contributed by atoms with Gasteiger partial charge in [-0.25, -0.2) is 4.79 Å². The highest BCUT2D eigenvalue weighted by molar-refractivity contribution is 5.86. The first-order valence-electron chi connectivity index (χ1n) is 13.3. The summed E-state index contributed by atoms with van der Waals surface area (Å²) in [4.78, 5) is 39.4. The number of carbonyl (C=O) groups excluding carboxylic acids is 2. The zero-order valence-corrected chi connectivity index (χ0v) is 21.7. The molecule has 1 aliphatic carbocycles. The number of aryl methyl sites for hydroxylation is 1. The minimum absolute atomic E-state index is 0.108. The molecule has 2 aliphatic rings. The molecule has 2 heterocycles. The number of hydrogen-bond acceptors (Lipinski definition) is 6. The van der Waals surface area contributed by atoms with Crippen LogP contribution >= 0.6 is 0 Å². The summed E-state index contributed by atoms with van der Waals surface area (Å²) in [7, 11) is 0. The standard InChI is InChI=1S/C30H34N2O6/c1-20-24-11-10-23(16-26(24)38-29(35)25(20)15-21-7-3-2-4-8-21)37-19-27(33)31-17-28(34)32-14-13-30(36)12-6-5-9-22(30)18-32/h2-4,7-8,10-11,16,22,36H,5-6,9,12-15,17-19H2,1H3,(H,31,33)/t22-,30-/m0/s1. The number of piperidine rings is 1. The number of hydrogen-bond donors (Lipinski definition) is 2. The molecule has 1 saturated heterocycles. The van der Waals surface area contributed by atoms with E-state index in [-0.39, 0.29) is 25.0 Å². The Kier molecular flexibility index (Phi) is 7.51. The molecule has 8 heteroatoms. The zero-order chi connectivity index (χ0) is 26.7. The van der Waals surface area contributed by atoms with Crippen LogP contribution in [0.5, 0.6) is 5.75 Å². The normalized spacial score (nSPS) is 21.1. The summed E-state index contributed by atoms with van der Waals surface area (Å²) in [6.07, 6.45) is 4.93. The van der Waals surface area contributed by atoms with Crippen molar-refractivity contribution >= 4 is 22.8 Å². The van der Waals surface area contributed by atoms with E-state index < -0.39 is 17.1 Å². The Morgan fingerprint density at radius 1 is 1.16 bits per heavy atom. The first-order chi connectivity index (χ1) is 18.3. The van der Waals surface area contributed by atoms with Crippen molar-refractivity contribution in [3.05, 3.63) is 75.6 Å². The fourth-order valence-electron chi connectivity index (χ4n) is 5.75. The Morgan fingerprint density at radius 2 is 1.97 bits per heavy atom. The number of rotatable bonds is 7. The molecule has 38 heavy (non-hydrogen) atoms. The van der Waals surface area contributed by atoms with E-state index in [4.69, 9.17) is 9.15 Å². The van der Waals surface area contributed by atoms with Crippen molar-refractivity contribution in [3.63, 3.8) is 0 Å². The topological polar surface area (TPSA) is 109 Å². The third-order valence-electron chi connectivity index (χ3n) is 8.07. The molecule has 2 fully saturated rings. The maximum atomic E-state index is 12.7. The molecule has 5 rings (SSSR count). The highest BCUT2D eigenvalue weighted by Gasteiger charge is 2.43. The molecule has 2 aromatic carbocycles. The van der Waals surface area contributed by atoms with Gasteiger partial charge in [0.2, 0.25) is 5.91 Å². The second-order valence-electron chi connectivity index (χ2n) is 10.5. The van der Waals surface area contributed by atoms with Gasteiger partial charge < -0.3 is 24.5 Å². The number of nitrogens with one attached hydrogen (secondary N) is 1. The molecule has 0 radical (unpaired) electrons. The molecular formula is C30H34N2O6. The van der Waals surface area contributed by atoms with Gasteiger partial charge in [-0.2, -0.15) is 0 Å². The van der Waals surface area contributed by atoms with Gasteiger partial charge in [0.05, 0.1) is 12.1 Å². The molecule has 8 nitrogen and oxygen atoms in total. The summed E-state index contributed by atoms with van der Waals surface area (Å²) in [6.45, 7) is 2.57. The van der Waals surface area contributed by atoms with Gasteiger partial charge >= 0.3 is 5.63 Å². The summed E-state index contributed by atoms with van der Waals surface area (Å²) in [5.41, 5.74) is 1.85. The van der Waals surface area contributed by atoms with E-state index in [1.165, 1.54) is 0 Å². The van der Waals surface area contributed by atoms with Crippen molar-refractivity contribution in [3.8, 4) is 5.75 Å². The van der Waals surface area contributed by atoms with E-state index >= 15 is 0 Å². The first-order valence-corrected chi connectivity index (χ1v) is 13.3. The van der Waals surface area contributed by atoms with Crippen molar-refractivity contribution in [2.45, 2.75) is 51.0 Å². The minimum atomic E-state index is -0.646. The van der Waals surface area contributed by atoms with Crippen LogP contribution in [0.15, 0.2) is 57.7 Å². The molecule has 1 saturated carbocycles. The molecule has 200 valence electrons. The molecular weight excluding hydrogens is 484 g/mol. The highest BCUT2D eigenvalue weighted by atomic mass is 16.5. The summed E-state index contributed by atoms with van der Waals surface area (Å²) in [5, 5.41) is 14.2. The smallest absolute Gasteiger partial charge is 0.340 e. The van der Waals surface area contributed by atoms with Gasteiger partial charge in [0.1, 0.15) is 11.3 Å². The Bertz CT molecular complexity index is 1380. The molecule has 2 amide bonds. The summed E-state index contributed by atoms with van der Waals surface area (Å²) in [6, 6.07) is 14.9. The van der Waals surface area contributed by atoms with E-state index in [0.29, 0.717) is 42.8 Å². The number of aliphatic hydroxyl groups is 1. The third kappa shape index (κ3) is 5.60. The van der Waals surface area contributed by atoms with E-state index in [9.17, 15) is 19.5 Å². The Balaban J connectivity index is 1.15. The van der Waals surface area contributed by atoms with Crippen molar-refractivity contribution in [2.75, 3.05) is 26.2 Å². The van der Waals surface area contributed by atoms with Crippen LogP contribution in [0.3, 0.4) is 0 Å². The van der Waals surface area contributed by atoms with E-state index in [0.717, 1.165) is 42.2 Å². The number of likely N-dealkylation sites (tertiary alicyclic amines) is 1. The van der Waals surface area contributed by atoms with Crippen LogP contribution in [0.4, 0.5) is 0 Å². The maximum Gasteiger partial charge on any atom is 0.340 e. The highest BCUT2D eigenvalue weighted by Crippen LogP contribution is 2.39. The predicted molar refractivity (Wildman–Crippen MR) is 143 cm³/mol. The Morgan fingerprint density at radius 3 is 2.79 bits per heavy atom. The van der Waals surface area contributed by atoms with Crippen LogP contribution in [0, 0.1) is 12.8 Å². The number of nitrogens with zero attached hydrogens (tertiary/aromatic N) is 1. The van der Waals surface area contributed by atoms with E-state index in [1.54, 1.807) is 17.0 Å². The van der Waals surface area contributed by atoms with Crippen LogP contribution in [-0.2, 0) is 16.0 Å². The van der Waals surface area contributed by atoms with Crippen molar-refractivity contribution in [2.24, 2.45) is 5.92 Å². The quantitative estimate of drug-likeness (QED) is 0.465. The molecule has 2 atom stereocenters. The lowest BCUT2D eigenvalue weighted by Gasteiger charge is -2.47. The number of ether oxygens (including phenoxy) is 1. The van der Waals surface area contributed by atoms with Crippen LogP contribution in [0.25, 0.3) is 11.0 Å². The fraction of sp³-hybridized carbons (Fsp3) is 0.433. The van der Waals surface area contributed by atoms with Crippen LogP contribution in [0.2, 0.25) is 0 Å². The van der Waals surface area contributed by atoms with Crippen LogP contribution < -0.4 is 15.7 Å². The molecule has 0 spiro atoms. The predicted octanol–water partition coefficient (Wildman–Crippen LogP) is 3.34. The second-order valence-corrected chi connectivity index (χ2v) is 10.5. The molecule has 1 aliphatic heterocycles. The zero-order valence-electron chi connectivity index (χ0n) is 21.7. The van der Waals surface area contributed by atoms with E-state index in [2.05, 4.69) is 5.32 Å². The molecule has 1 aromatic heterocycles. The minimum Gasteiger partial charge on any atom is -0.484 e. The molecule has 2 N–H and O–H groups in total. The van der Waals surface area contributed by atoms with Crippen molar-refractivity contribution < 1.29 is 23.8 Å². The monoisotopic (exact) mass is 518 g/mol. The Hall–Kier alpha value is -3.65. The molecule has 3 aromatic rings. The van der Waals surface area contributed by atoms with Crippen LogP contribution in [-0.4, -0.2) is 53.7 Å². The van der Waals surface area contributed by atoms with Gasteiger partial charge in [-0.15, -0.1) is 0 Å². The van der Waals surface area contributed by atoms with Gasteiger partial charge in [-0.05, 0) is 49.4 Å². The lowest BCUT2D eigenvalue weighted by Crippen LogP contribution is -2.56. The summed E-state index contributed by atoms with van der Waals surface area (Å²) < 4.78 is 11.2.